The molecule has 1 saturated heterocycles. The highest BCUT2D eigenvalue weighted by Gasteiger charge is 2.26. The van der Waals surface area contributed by atoms with Gasteiger partial charge < -0.3 is 4.90 Å². The summed E-state index contributed by atoms with van der Waals surface area (Å²) in [6.45, 7) is 2.83. The third-order valence-electron chi connectivity index (χ3n) is 2.68. The van der Waals surface area contributed by atoms with E-state index in [0.29, 0.717) is 13.0 Å². The van der Waals surface area contributed by atoms with Gasteiger partial charge in [-0.2, -0.15) is 0 Å². The lowest BCUT2D eigenvalue weighted by Gasteiger charge is -2.32. The lowest BCUT2D eigenvalue weighted by molar-refractivity contribution is -0.132. The number of piperidine rings is 1. The average molecular weight is 222 g/mol. The molecule has 0 saturated carbocycles. The van der Waals surface area contributed by atoms with Crippen molar-refractivity contribution in [2.45, 2.75) is 31.6 Å². The van der Waals surface area contributed by atoms with E-state index in [1.807, 2.05) is 6.92 Å². The fourth-order valence-corrected chi connectivity index (χ4v) is 1.90. The summed E-state index contributed by atoms with van der Waals surface area (Å²) >= 11 is 5.86. The van der Waals surface area contributed by atoms with Crippen LogP contribution in [0.25, 0.3) is 0 Å². The van der Waals surface area contributed by atoms with Crippen molar-refractivity contribution < 1.29 is 9.18 Å². The number of carbonyl (C=O) groups is 1. The van der Waals surface area contributed by atoms with E-state index in [1.54, 1.807) is 4.90 Å². The Balaban J connectivity index is 2.47. The molecule has 0 unspecified atom stereocenters. The molecular formula is C10H17ClFNO. The number of halogens is 2. The Labute approximate surface area is 89.4 Å². The summed E-state index contributed by atoms with van der Waals surface area (Å²) in [6, 6.07) is 0. The van der Waals surface area contributed by atoms with Crippen molar-refractivity contribution in [3.63, 3.8) is 0 Å². The van der Waals surface area contributed by atoms with E-state index in [4.69, 9.17) is 11.6 Å². The van der Waals surface area contributed by atoms with Crippen LogP contribution in [0.15, 0.2) is 0 Å². The SMILES string of the molecule is CC[C@@H](Cl)C(=O)N1CCC[C@H](CF)C1. The minimum atomic E-state index is -0.437. The van der Waals surface area contributed by atoms with E-state index in [1.165, 1.54) is 0 Å². The van der Waals surface area contributed by atoms with Crippen LogP contribution in [0.1, 0.15) is 26.2 Å². The standard InChI is InChI=1S/C10H17ClFNO/c1-2-9(11)10(14)13-5-3-4-8(6-12)7-13/h8-9H,2-7H2,1H3/t8-,9-/m1/s1. The maximum Gasteiger partial charge on any atom is 0.240 e. The maximum absolute atomic E-state index is 12.4. The van der Waals surface area contributed by atoms with Crippen LogP contribution in [0.5, 0.6) is 0 Å². The summed E-state index contributed by atoms with van der Waals surface area (Å²) < 4.78 is 12.4. The Bertz CT molecular complexity index is 201. The highest BCUT2D eigenvalue weighted by Crippen LogP contribution is 2.19. The minimum absolute atomic E-state index is 0.0217. The first kappa shape index (κ1) is 11.8. The van der Waals surface area contributed by atoms with Crippen LogP contribution in [0.4, 0.5) is 4.39 Å². The van der Waals surface area contributed by atoms with Gasteiger partial charge >= 0.3 is 0 Å². The van der Waals surface area contributed by atoms with Gasteiger partial charge in [0.05, 0.1) is 6.67 Å². The molecule has 1 amide bonds. The molecular weight excluding hydrogens is 205 g/mol. The normalized spacial score (nSPS) is 24.8. The van der Waals surface area contributed by atoms with Crippen LogP contribution in [-0.4, -0.2) is 35.9 Å². The highest BCUT2D eigenvalue weighted by molar-refractivity contribution is 6.30. The summed E-state index contributed by atoms with van der Waals surface area (Å²) in [5, 5.41) is -0.437. The van der Waals surface area contributed by atoms with Gasteiger partial charge in [-0.05, 0) is 19.3 Å². The Morgan fingerprint density at radius 1 is 1.71 bits per heavy atom. The van der Waals surface area contributed by atoms with E-state index < -0.39 is 5.38 Å². The Morgan fingerprint density at radius 2 is 2.43 bits per heavy atom. The maximum atomic E-state index is 12.4. The number of carbonyl (C=O) groups excluding carboxylic acids is 1. The number of rotatable bonds is 3. The van der Waals surface area contributed by atoms with Gasteiger partial charge in [-0.15, -0.1) is 11.6 Å². The predicted octanol–water partition coefficient (Wildman–Crippen LogP) is 2.21. The van der Waals surface area contributed by atoms with Crippen LogP contribution >= 0.6 is 11.6 Å². The number of likely N-dealkylation sites (tertiary alicyclic amines) is 1. The molecule has 0 N–H and O–H groups in total. The lowest BCUT2D eigenvalue weighted by Crippen LogP contribution is -2.43. The van der Waals surface area contributed by atoms with Crippen molar-refractivity contribution in [1.82, 2.24) is 4.90 Å². The fraction of sp³-hybridized carbons (Fsp3) is 0.900. The van der Waals surface area contributed by atoms with Crippen LogP contribution < -0.4 is 0 Å². The molecule has 1 rings (SSSR count). The van der Waals surface area contributed by atoms with Crippen molar-refractivity contribution in [2.75, 3.05) is 19.8 Å². The van der Waals surface area contributed by atoms with Crippen molar-refractivity contribution in [3.05, 3.63) is 0 Å². The fourth-order valence-electron chi connectivity index (χ4n) is 1.76. The molecule has 1 fully saturated rings. The molecule has 1 aliphatic heterocycles. The quantitative estimate of drug-likeness (QED) is 0.670. The number of hydrogen-bond donors (Lipinski definition) is 0. The number of alkyl halides is 2. The van der Waals surface area contributed by atoms with E-state index >= 15 is 0 Å². The second-order valence-electron chi connectivity index (χ2n) is 3.82. The van der Waals surface area contributed by atoms with E-state index in [0.717, 1.165) is 19.4 Å². The molecule has 1 heterocycles. The summed E-state index contributed by atoms with van der Waals surface area (Å²) in [6.07, 6.45) is 2.42. The third kappa shape index (κ3) is 2.84. The summed E-state index contributed by atoms with van der Waals surface area (Å²) in [4.78, 5) is 13.4. The molecule has 0 radical (unpaired) electrons. The van der Waals surface area contributed by atoms with Crippen molar-refractivity contribution in [1.29, 1.82) is 0 Å². The third-order valence-corrected chi connectivity index (χ3v) is 3.17. The second kappa shape index (κ2) is 5.54. The molecule has 2 nitrogen and oxygen atoms in total. The smallest absolute Gasteiger partial charge is 0.240 e. The van der Waals surface area contributed by atoms with Gasteiger partial charge in [0.2, 0.25) is 5.91 Å². The number of nitrogens with zero attached hydrogens (tertiary/aromatic N) is 1. The van der Waals surface area contributed by atoms with Gasteiger partial charge in [-0.25, -0.2) is 0 Å². The number of hydrogen-bond acceptors (Lipinski definition) is 1. The molecule has 0 aliphatic carbocycles. The summed E-state index contributed by atoms with van der Waals surface area (Å²) in [5.41, 5.74) is 0. The predicted molar refractivity (Wildman–Crippen MR) is 55.2 cm³/mol. The molecule has 0 bridgehead atoms. The van der Waals surface area contributed by atoms with Crippen LogP contribution in [-0.2, 0) is 4.79 Å². The van der Waals surface area contributed by atoms with E-state index in [-0.39, 0.29) is 18.5 Å². The van der Waals surface area contributed by atoms with Gasteiger partial charge in [0.15, 0.2) is 0 Å². The zero-order valence-electron chi connectivity index (χ0n) is 8.51. The lowest BCUT2D eigenvalue weighted by atomic mass is 9.99. The summed E-state index contributed by atoms with van der Waals surface area (Å²) in [7, 11) is 0. The molecule has 0 aromatic heterocycles. The van der Waals surface area contributed by atoms with Crippen LogP contribution in [0, 0.1) is 5.92 Å². The number of amides is 1. The molecule has 82 valence electrons. The Kier molecular flexibility index (Phi) is 4.66. The first-order valence-electron chi connectivity index (χ1n) is 5.17. The average Bonchev–Trinajstić information content (AvgIpc) is 2.27. The van der Waals surface area contributed by atoms with Crippen LogP contribution in [0.2, 0.25) is 0 Å². The van der Waals surface area contributed by atoms with Crippen molar-refractivity contribution in [2.24, 2.45) is 5.92 Å². The first-order chi connectivity index (χ1) is 6.69. The Hall–Kier alpha value is -0.310. The largest absolute Gasteiger partial charge is 0.341 e. The van der Waals surface area contributed by atoms with Crippen LogP contribution in [0.3, 0.4) is 0 Å². The topological polar surface area (TPSA) is 20.3 Å². The molecule has 0 spiro atoms. The molecule has 0 aromatic carbocycles. The van der Waals surface area contributed by atoms with E-state index in [9.17, 15) is 9.18 Å². The van der Waals surface area contributed by atoms with Crippen molar-refractivity contribution >= 4 is 17.5 Å². The zero-order chi connectivity index (χ0) is 10.6. The van der Waals surface area contributed by atoms with Gasteiger partial charge in [0, 0.05) is 19.0 Å². The second-order valence-corrected chi connectivity index (χ2v) is 4.35. The zero-order valence-corrected chi connectivity index (χ0v) is 9.26. The first-order valence-corrected chi connectivity index (χ1v) is 5.61. The van der Waals surface area contributed by atoms with Gasteiger partial charge in [-0.3, -0.25) is 9.18 Å². The Morgan fingerprint density at radius 3 is 3.00 bits per heavy atom. The van der Waals surface area contributed by atoms with Gasteiger partial charge in [0.25, 0.3) is 0 Å². The minimum Gasteiger partial charge on any atom is -0.341 e. The molecule has 0 aromatic rings. The van der Waals surface area contributed by atoms with Crippen molar-refractivity contribution in [3.8, 4) is 0 Å². The molecule has 1 aliphatic rings. The molecule has 14 heavy (non-hydrogen) atoms. The van der Waals surface area contributed by atoms with Gasteiger partial charge in [0.1, 0.15) is 5.38 Å². The molecule has 4 heteroatoms. The van der Waals surface area contributed by atoms with Gasteiger partial charge in [-0.1, -0.05) is 6.92 Å². The highest BCUT2D eigenvalue weighted by atomic mass is 35.5. The summed E-state index contributed by atoms with van der Waals surface area (Å²) in [5.74, 6) is -0.0132. The molecule has 2 atom stereocenters. The monoisotopic (exact) mass is 221 g/mol. The van der Waals surface area contributed by atoms with E-state index in [2.05, 4.69) is 0 Å².